The highest BCUT2D eigenvalue weighted by atomic mass is 32.2. The molecule has 3 rings (SSSR count). The van der Waals surface area contributed by atoms with Gasteiger partial charge in [0.25, 0.3) is 0 Å². The first kappa shape index (κ1) is 24.8. The van der Waals surface area contributed by atoms with E-state index in [2.05, 4.69) is 90.6 Å². The van der Waals surface area contributed by atoms with E-state index < -0.39 is 10.0 Å². The Kier molecular flexibility index (Phi) is 7.41. The van der Waals surface area contributed by atoms with Crippen molar-refractivity contribution in [3.05, 3.63) is 58.1 Å². The van der Waals surface area contributed by atoms with Gasteiger partial charge in [-0.2, -0.15) is 4.31 Å². The van der Waals surface area contributed by atoms with Gasteiger partial charge in [0.05, 0.1) is 4.90 Å². The second kappa shape index (κ2) is 9.56. The molecule has 1 aliphatic rings. The molecule has 0 saturated carbocycles. The number of piperazine rings is 1. The van der Waals surface area contributed by atoms with Crippen LogP contribution in [0.25, 0.3) is 0 Å². The van der Waals surface area contributed by atoms with Crippen molar-refractivity contribution in [2.45, 2.75) is 78.0 Å². The van der Waals surface area contributed by atoms with Gasteiger partial charge in [-0.05, 0) is 65.5 Å². The number of sulfonamides is 1. The molecular weight excluding hydrogens is 416 g/mol. The quantitative estimate of drug-likeness (QED) is 0.521. The summed E-state index contributed by atoms with van der Waals surface area (Å²) in [5.74, 6) is 0.655. The molecule has 32 heavy (non-hydrogen) atoms. The lowest BCUT2D eigenvalue weighted by Gasteiger charge is -2.37. The summed E-state index contributed by atoms with van der Waals surface area (Å²) in [6, 6.07) is 10.6. The average Bonchev–Trinajstić information content (AvgIpc) is 2.74. The van der Waals surface area contributed by atoms with E-state index in [4.69, 9.17) is 0 Å². The van der Waals surface area contributed by atoms with Crippen LogP contribution in [0.2, 0.25) is 0 Å². The van der Waals surface area contributed by atoms with Crippen molar-refractivity contribution in [1.29, 1.82) is 0 Å². The maximum atomic E-state index is 14.0. The summed E-state index contributed by atoms with van der Waals surface area (Å²) in [7, 11) is -3.57. The third-order valence-corrected chi connectivity index (χ3v) is 8.86. The van der Waals surface area contributed by atoms with Crippen molar-refractivity contribution in [3.63, 3.8) is 0 Å². The Morgan fingerprint density at radius 2 is 1.31 bits per heavy atom. The van der Waals surface area contributed by atoms with Gasteiger partial charge >= 0.3 is 0 Å². The van der Waals surface area contributed by atoms with Crippen molar-refractivity contribution >= 4 is 15.7 Å². The minimum Gasteiger partial charge on any atom is -0.369 e. The molecule has 1 heterocycles. The summed E-state index contributed by atoms with van der Waals surface area (Å²) >= 11 is 0. The van der Waals surface area contributed by atoms with Crippen molar-refractivity contribution < 1.29 is 8.42 Å². The molecule has 0 aliphatic carbocycles. The lowest BCUT2D eigenvalue weighted by molar-refractivity contribution is 0.383. The molecule has 0 N–H and O–H groups in total. The first-order valence-corrected chi connectivity index (χ1v) is 13.4. The fourth-order valence-corrected chi connectivity index (χ4v) is 6.65. The van der Waals surface area contributed by atoms with Crippen LogP contribution in [0.3, 0.4) is 0 Å². The van der Waals surface area contributed by atoms with Gasteiger partial charge in [0.1, 0.15) is 0 Å². The van der Waals surface area contributed by atoms with Crippen LogP contribution in [0.4, 0.5) is 5.69 Å². The van der Waals surface area contributed by atoms with Gasteiger partial charge in [-0.1, -0.05) is 65.8 Å². The fraction of sp³-hybridized carbons (Fsp3) is 0.556. The number of rotatable bonds is 6. The zero-order chi connectivity index (χ0) is 23.8. The molecule has 2 aromatic carbocycles. The Bertz CT molecular complexity index is 1030. The monoisotopic (exact) mass is 456 g/mol. The molecule has 1 fully saturated rings. The number of benzene rings is 2. The third-order valence-electron chi connectivity index (χ3n) is 6.83. The van der Waals surface area contributed by atoms with Crippen molar-refractivity contribution in [3.8, 4) is 0 Å². The molecule has 2 aromatic rings. The minimum atomic E-state index is -3.57. The summed E-state index contributed by atoms with van der Waals surface area (Å²) < 4.78 is 29.7. The van der Waals surface area contributed by atoms with Crippen LogP contribution in [0, 0.1) is 13.8 Å². The molecule has 0 aromatic heterocycles. The highest BCUT2D eigenvalue weighted by Crippen LogP contribution is 2.37. The fourth-order valence-electron chi connectivity index (χ4n) is 4.56. The topological polar surface area (TPSA) is 40.6 Å². The summed E-state index contributed by atoms with van der Waals surface area (Å²) in [4.78, 5) is 2.87. The maximum absolute atomic E-state index is 14.0. The second-order valence-corrected chi connectivity index (χ2v) is 12.0. The normalized spacial score (nSPS) is 15.9. The van der Waals surface area contributed by atoms with Crippen molar-refractivity contribution in [2.24, 2.45) is 0 Å². The molecule has 0 amide bonds. The summed E-state index contributed by atoms with van der Waals surface area (Å²) in [6.07, 6.45) is 0. The number of aryl methyl sites for hydroxylation is 1. The van der Waals surface area contributed by atoms with Gasteiger partial charge < -0.3 is 4.90 Å². The first-order valence-electron chi connectivity index (χ1n) is 11.9. The molecule has 4 nitrogen and oxygen atoms in total. The van der Waals surface area contributed by atoms with Crippen LogP contribution in [0.15, 0.2) is 35.2 Å². The van der Waals surface area contributed by atoms with E-state index in [0.29, 0.717) is 37.0 Å². The predicted molar refractivity (Wildman–Crippen MR) is 136 cm³/mol. The maximum Gasteiger partial charge on any atom is 0.243 e. The lowest BCUT2D eigenvalue weighted by Crippen LogP contribution is -2.49. The van der Waals surface area contributed by atoms with Gasteiger partial charge in [0.2, 0.25) is 10.0 Å². The van der Waals surface area contributed by atoms with Crippen molar-refractivity contribution in [2.75, 3.05) is 31.1 Å². The Hall–Kier alpha value is -1.85. The second-order valence-electron chi connectivity index (χ2n) is 10.1. The summed E-state index contributed by atoms with van der Waals surface area (Å²) in [6.45, 7) is 19.4. The average molecular weight is 457 g/mol. The molecular formula is C27H40N2O2S. The molecule has 1 aliphatic heterocycles. The highest BCUT2D eigenvalue weighted by Gasteiger charge is 2.34. The van der Waals surface area contributed by atoms with Crippen LogP contribution in [0.1, 0.15) is 87.1 Å². The third kappa shape index (κ3) is 4.74. The van der Waals surface area contributed by atoms with Gasteiger partial charge in [-0.3, -0.25) is 0 Å². The molecule has 0 unspecified atom stereocenters. The first-order chi connectivity index (χ1) is 14.9. The van der Waals surface area contributed by atoms with E-state index in [-0.39, 0.29) is 11.8 Å². The molecule has 0 spiro atoms. The summed E-state index contributed by atoms with van der Waals surface area (Å²) in [5, 5.41) is 0. The van der Waals surface area contributed by atoms with Crippen LogP contribution in [-0.2, 0) is 10.0 Å². The zero-order valence-corrected chi connectivity index (χ0v) is 21.9. The highest BCUT2D eigenvalue weighted by molar-refractivity contribution is 7.89. The summed E-state index contributed by atoms with van der Waals surface area (Å²) in [5.41, 5.74) is 6.89. The van der Waals surface area contributed by atoms with E-state index in [0.717, 1.165) is 11.1 Å². The number of hydrogen-bond donors (Lipinski definition) is 0. The van der Waals surface area contributed by atoms with E-state index in [1.807, 2.05) is 0 Å². The number of anilines is 1. The van der Waals surface area contributed by atoms with E-state index in [1.165, 1.54) is 22.4 Å². The molecule has 0 bridgehead atoms. The van der Waals surface area contributed by atoms with E-state index >= 15 is 0 Å². The van der Waals surface area contributed by atoms with Crippen LogP contribution in [0.5, 0.6) is 0 Å². The van der Waals surface area contributed by atoms with Gasteiger partial charge in [-0.15, -0.1) is 0 Å². The standard InChI is InChI=1S/C27H40N2O2S/c1-18(2)23-16-24(19(3)4)27(25(17-23)20(5)6)32(30,31)29-14-12-28(13-15-29)26-11-9-10-21(7)22(26)8/h9-11,16-20H,12-15H2,1-8H3. The predicted octanol–water partition coefficient (Wildman–Crippen LogP) is 6.18. The van der Waals surface area contributed by atoms with Crippen molar-refractivity contribution in [1.82, 2.24) is 4.31 Å². The molecule has 1 saturated heterocycles. The molecule has 0 atom stereocenters. The smallest absolute Gasteiger partial charge is 0.243 e. The Morgan fingerprint density at radius 3 is 1.78 bits per heavy atom. The molecule has 0 radical (unpaired) electrons. The largest absolute Gasteiger partial charge is 0.369 e. The Labute approximate surface area is 195 Å². The zero-order valence-electron chi connectivity index (χ0n) is 21.1. The molecule has 5 heteroatoms. The Balaban J connectivity index is 1.97. The molecule has 176 valence electrons. The SMILES string of the molecule is Cc1cccc(N2CCN(S(=O)(=O)c3c(C(C)C)cc(C(C)C)cc3C(C)C)CC2)c1C. The minimum absolute atomic E-state index is 0.146. The van der Waals surface area contributed by atoms with Gasteiger partial charge in [0.15, 0.2) is 0 Å². The number of hydrogen-bond acceptors (Lipinski definition) is 3. The van der Waals surface area contributed by atoms with E-state index in [9.17, 15) is 8.42 Å². The van der Waals surface area contributed by atoms with Gasteiger partial charge in [0, 0.05) is 31.9 Å². The van der Waals surface area contributed by atoms with E-state index in [1.54, 1.807) is 4.31 Å². The van der Waals surface area contributed by atoms with Crippen LogP contribution in [-0.4, -0.2) is 38.9 Å². The van der Waals surface area contributed by atoms with Gasteiger partial charge in [-0.25, -0.2) is 8.42 Å². The lowest BCUT2D eigenvalue weighted by atomic mass is 9.89. The van der Waals surface area contributed by atoms with Crippen LogP contribution < -0.4 is 4.90 Å². The van der Waals surface area contributed by atoms with Crippen LogP contribution >= 0.6 is 0 Å². The number of nitrogens with zero attached hydrogens (tertiary/aromatic N) is 2. The Morgan fingerprint density at radius 1 is 0.781 bits per heavy atom.